The van der Waals surface area contributed by atoms with Crippen molar-refractivity contribution in [3.63, 3.8) is 0 Å². The van der Waals surface area contributed by atoms with E-state index in [4.69, 9.17) is 15.6 Å². The summed E-state index contributed by atoms with van der Waals surface area (Å²) in [5.41, 5.74) is 5.88. The Hall–Kier alpha value is -2.97. The van der Waals surface area contributed by atoms with Crippen LogP contribution in [0, 0.1) is 6.92 Å². The van der Waals surface area contributed by atoms with Gasteiger partial charge in [-0.25, -0.2) is 24.2 Å². The van der Waals surface area contributed by atoms with Gasteiger partial charge in [-0.05, 0) is 13.8 Å². The van der Waals surface area contributed by atoms with Crippen LogP contribution in [0.15, 0.2) is 12.4 Å². The molecule has 0 amide bonds. The second-order valence-electron chi connectivity index (χ2n) is 4.07. The highest BCUT2D eigenvalue weighted by Gasteiger charge is 2.17. The monoisotopic (exact) mass is 291 g/mol. The Morgan fingerprint density at radius 1 is 1.48 bits per heavy atom. The predicted molar refractivity (Wildman–Crippen MR) is 71.2 cm³/mol. The molecule has 9 heteroatoms. The van der Waals surface area contributed by atoms with Crippen molar-refractivity contribution in [3.05, 3.63) is 29.3 Å². The number of nitrogens with zero attached hydrogens (tertiary/aromatic N) is 4. The van der Waals surface area contributed by atoms with E-state index in [-0.39, 0.29) is 29.5 Å². The molecule has 110 valence electrons. The molecule has 9 nitrogen and oxygen atoms in total. The summed E-state index contributed by atoms with van der Waals surface area (Å²) in [5.74, 6) is -1.65. The maximum absolute atomic E-state index is 11.6. The van der Waals surface area contributed by atoms with Gasteiger partial charge in [-0.15, -0.1) is 0 Å². The lowest BCUT2D eigenvalue weighted by Crippen LogP contribution is -2.12. The average Bonchev–Trinajstić information content (AvgIpc) is 2.81. The summed E-state index contributed by atoms with van der Waals surface area (Å²) in [6.45, 7) is 3.56. The first kappa shape index (κ1) is 14.4. The zero-order valence-corrected chi connectivity index (χ0v) is 11.4. The summed E-state index contributed by atoms with van der Waals surface area (Å²) in [5, 5.41) is 12.7. The van der Waals surface area contributed by atoms with Gasteiger partial charge in [0.25, 0.3) is 5.95 Å². The Morgan fingerprint density at radius 2 is 2.19 bits per heavy atom. The quantitative estimate of drug-likeness (QED) is 0.774. The average molecular weight is 291 g/mol. The van der Waals surface area contributed by atoms with Crippen LogP contribution in [-0.4, -0.2) is 43.4 Å². The smallest absolute Gasteiger partial charge is 0.358 e. The van der Waals surface area contributed by atoms with Crippen LogP contribution in [0.1, 0.15) is 33.5 Å². The third-order valence-electron chi connectivity index (χ3n) is 2.61. The van der Waals surface area contributed by atoms with Crippen molar-refractivity contribution in [3.8, 4) is 5.95 Å². The number of hydrogen-bond donors (Lipinski definition) is 2. The molecule has 0 saturated heterocycles. The highest BCUT2D eigenvalue weighted by atomic mass is 16.5. The van der Waals surface area contributed by atoms with Gasteiger partial charge in [0.05, 0.1) is 29.7 Å². The van der Waals surface area contributed by atoms with E-state index >= 15 is 0 Å². The summed E-state index contributed by atoms with van der Waals surface area (Å²) in [7, 11) is 0. The molecule has 2 rings (SSSR count). The lowest BCUT2D eigenvalue weighted by molar-refractivity contribution is 0.0524. The van der Waals surface area contributed by atoms with Crippen LogP contribution in [0.3, 0.4) is 0 Å². The number of aromatic nitrogens is 4. The second-order valence-corrected chi connectivity index (χ2v) is 4.07. The van der Waals surface area contributed by atoms with E-state index in [0.29, 0.717) is 5.69 Å². The van der Waals surface area contributed by atoms with Crippen LogP contribution in [0.5, 0.6) is 0 Å². The molecule has 0 aliphatic carbocycles. The second kappa shape index (κ2) is 5.57. The van der Waals surface area contributed by atoms with Crippen molar-refractivity contribution in [1.82, 2.24) is 19.7 Å². The molecule has 21 heavy (non-hydrogen) atoms. The predicted octanol–water partition coefficient (Wildman–Crippen LogP) is 0.428. The maximum atomic E-state index is 11.6. The number of rotatable bonds is 4. The Labute approximate surface area is 119 Å². The highest BCUT2D eigenvalue weighted by Crippen LogP contribution is 2.13. The normalized spacial score (nSPS) is 10.4. The fourth-order valence-electron chi connectivity index (χ4n) is 1.63. The largest absolute Gasteiger partial charge is 0.476 e. The first-order valence-corrected chi connectivity index (χ1v) is 6.03. The molecule has 0 fully saturated rings. The van der Waals surface area contributed by atoms with Gasteiger partial charge in [-0.2, -0.15) is 5.10 Å². The first-order chi connectivity index (χ1) is 9.93. The molecule has 2 heterocycles. The van der Waals surface area contributed by atoms with Crippen molar-refractivity contribution in [1.29, 1.82) is 0 Å². The summed E-state index contributed by atoms with van der Waals surface area (Å²) in [6.07, 6.45) is 2.59. The van der Waals surface area contributed by atoms with Crippen LogP contribution in [-0.2, 0) is 4.74 Å². The lowest BCUT2D eigenvalue weighted by atomic mass is 10.2. The van der Waals surface area contributed by atoms with Gasteiger partial charge >= 0.3 is 11.9 Å². The van der Waals surface area contributed by atoms with Gasteiger partial charge in [0.1, 0.15) is 0 Å². The van der Waals surface area contributed by atoms with Crippen LogP contribution in [0.4, 0.5) is 5.69 Å². The molecular weight excluding hydrogens is 278 g/mol. The minimum atomic E-state index is -1.24. The van der Waals surface area contributed by atoms with Gasteiger partial charge in [0.15, 0.2) is 5.69 Å². The molecule has 0 unspecified atom stereocenters. The minimum absolute atomic E-state index is 0.00165. The summed E-state index contributed by atoms with van der Waals surface area (Å²) in [6, 6.07) is 0. The zero-order chi connectivity index (χ0) is 15.6. The molecule has 3 N–H and O–H groups in total. The van der Waals surface area contributed by atoms with Crippen LogP contribution >= 0.6 is 0 Å². The summed E-state index contributed by atoms with van der Waals surface area (Å²) in [4.78, 5) is 30.6. The number of carbonyl (C=O) groups is 2. The number of carbonyl (C=O) groups excluding carboxylic acids is 1. The number of aromatic carboxylic acids is 1. The zero-order valence-electron chi connectivity index (χ0n) is 11.4. The highest BCUT2D eigenvalue weighted by molar-refractivity contribution is 5.91. The number of carboxylic acid groups (broad SMARTS) is 1. The Balaban J connectivity index is 2.38. The van der Waals surface area contributed by atoms with Crippen molar-refractivity contribution < 1.29 is 19.4 Å². The molecule has 0 aromatic carbocycles. The van der Waals surface area contributed by atoms with E-state index in [2.05, 4.69) is 15.1 Å². The third kappa shape index (κ3) is 2.81. The fraction of sp³-hybridized carbons (Fsp3) is 0.250. The van der Waals surface area contributed by atoms with E-state index in [9.17, 15) is 9.59 Å². The van der Waals surface area contributed by atoms with Crippen molar-refractivity contribution in [2.75, 3.05) is 12.3 Å². The number of nitrogens with two attached hydrogens (primary N) is 1. The number of ether oxygens (including phenoxy) is 1. The Kier molecular flexibility index (Phi) is 3.83. The Morgan fingerprint density at radius 3 is 2.71 bits per heavy atom. The minimum Gasteiger partial charge on any atom is -0.476 e. The van der Waals surface area contributed by atoms with Gasteiger partial charge in [-0.1, -0.05) is 0 Å². The number of carboxylic acids is 1. The molecule has 0 aliphatic rings. The van der Waals surface area contributed by atoms with E-state index in [1.54, 1.807) is 13.8 Å². The first-order valence-electron chi connectivity index (χ1n) is 6.03. The van der Waals surface area contributed by atoms with E-state index < -0.39 is 11.9 Å². The molecular formula is C12H13N5O4. The maximum Gasteiger partial charge on any atom is 0.358 e. The van der Waals surface area contributed by atoms with Gasteiger partial charge in [0, 0.05) is 6.20 Å². The van der Waals surface area contributed by atoms with Crippen LogP contribution < -0.4 is 5.73 Å². The van der Waals surface area contributed by atoms with Gasteiger partial charge in [0.2, 0.25) is 0 Å². The molecule has 0 atom stereocenters. The summed E-state index contributed by atoms with van der Waals surface area (Å²) < 4.78 is 6.01. The van der Waals surface area contributed by atoms with Crippen molar-refractivity contribution >= 4 is 17.6 Å². The standard InChI is InChI=1S/C12H13N5O4/c1-3-21-11(20)7-4-14-12(15-6(7)2)17-5-8(13)9(16-17)10(18)19/h4-5H,3,13H2,1-2H3,(H,18,19). The number of nitrogen functional groups attached to an aromatic ring is 1. The van der Waals surface area contributed by atoms with E-state index in [0.717, 1.165) is 4.68 Å². The molecule has 0 radical (unpaired) electrons. The van der Waals surface area contributed by atoms with Gasteiger partial charge in [-0.3, -0.25) is 0 Å². The molecule has 0 bridgehead atoms. The molecule has 2 aromatic heterocycles. The number of anilines is 1. The lowest BCUT2D eigenvalue weighted by Gasteiger charge is -2.06. The molecule has 0 spiro atoms. The number of aryl methyl sites for hydroxylation is 1. The number of esters is 1. The van der Waals surface area contributed by atoms with E-state index in [1.807, 2.05) is 0 Å². The van der Waals surface area contributed by atoms with Crippen molar-refractivity contribution in [2.45, 2.75) is 13.8 Å². The topological polar surface area (TPSA) is 133 Å². The number of hydrogen-bond acceptors (Lipinski definition) is 7. The SMILES string of the molecule is CCOC(=O)c1cnc(-n2cc(N)c(C(=O)O)n2)nc1C. The fourth-order valence-corrected chi connectivity index (χ4v) is 1.63. The summed E-state index contributed by atoms with van der Waals surface area (Å²) >= 11 is 0. The molecule has 0 aliphatic heterocycles. The van der Waals surface area contributed by atoms with E-state index in [1.165, 1.54) is 12.4 Å². The Bertz CT molecular complexity index is 710. The van der Waals surface area contributed by atoms with Crippen LogP contribution in [0.2, 0.25) is 0 Å². The van der Waals surface area contributed by atoms with Crippen molar-refractivity contribution in [2.24, 2.45) is 0 Å². The molecule has 2 aromatic rings. The van der Waals surface area contributed by atoms with Crippen LogP contribution in [0.25, 0.3) is 5.95 Å². The van der Waals surface area contributed by atoms with Gasteiger partial charge < -0.3 is 15.6 Å². The third-order valence-corrected chi connectivity index (χ3v) is 2.61. The molecule has 0 saturated carbocycles.